The highest BCUT2D eigenvalue weighted by molar-refractivity contribution is 5.47. The monoisotopic (exact) mass is 427 g/mol. The van der Waals surface area contributed by atoms with Gasteiger partial charge in [0.05, 0.1) is 32.8 Å². The van der Waals surface area contributed by atoms with Gasteiger partial charge in [0.25, 0.3) is 11.4 Å². The van der Waals surface area contributed by atoms with Crippen molar-refractivity contribution in [3.05, 3.63) is 75.7 Å². The second kappa shape index (κ2) is 12.2. The summed E-state index contributed by atoms with van der Waals surface area (Å²) in [7, 11) is 4.81. The number of ether oxygens (including phenoxy) is 4. The minimum atomic E-state index is -0.0768. The van der Waals surface area contributed by atoms with Crippen LogP contribution in [0.1, 0.15) is 23.9 Å². The van der Waals surface area contributed by atoms with Crippen LogP contribution in [0.15, 0.2) is 58.2 Å². The zero-order valence-electron chi connectivity index (χ0n) is 18.6. The number of aryl methyl sites for hydroxylation is 1. The summed E-state index contributed by atoms with van der Waals surface area (Å²) in [6.45, 7) is 4.56. The Kier molecular flexibility index (Phi) is 9.35. The van der Waals surface area contributed by atoms with Crippen molar-refractivity contribution in [2.24, 2.45) is 12.0 Å². The molecule has 0 amide bonds. The van der Waals surface area contributed by atoms with Gasteiger partial charge in [0, 0.05) is 31.4 Å². The summed E-state index contributed by atoms with van der Waals surface area (Å²) in [5.41, 5.74) is 3.45. The summed E-state index contributed by atoms with van der Waals surface area (Å²) in [6.07, 6.45) is 7.07. The summed E-state index contributed by atoms with van der Waals surface area (Å²) < 4.78 is 23.1. The Balaban J connectivity index is 1.93. The van der Waals surface area contributed by atoms with Gasteiger partial charge in [-0.1, -0.05) is 6.07 Å². The van der Waals surface area contributed by atoms with Crippen molar-refractivity contribution in [1.29, 1.82) is 0 Å². The molecule has 31 heavy (non-hydrogen) atoms. The number of aliphatic imine (C=N–C) groups is 1. The van der Waals surface area contributed by atoms with E-state index in [4.69, 9.17) is 18.9 Å². The molecule has 2 aromatic rings. The Bertz CT molecular complexity index is 1010. The standard InChI is InChI=1S/C23H29N3O5/c1-17(14-24-16-28-4)10-12-30-13-11-19-7-8-21(23(25-19)29-5)31-15-20-18(2)6-9-22(27)26(20)3/h6-10,12,14,16H,11,13,15H2,1-5H3/b12-10+,17-14-,24-16+. The van der Waals surface area contributed by atoms with Gasteiger partial charge in [0.1, 0.15) is 6.61 Å². The van der Waals surface area contributed by atoms with Crippen molar-refractivity contribution in [3.63, 3.8) is 0 Å². The fourth-order valence-electron chi connectivity index (χ4n) is 2.66. The maximum absolute atomic E-state index is 11.9. The Morgan fingerprint density at radius 3 is 2.77 bits per heavy atom. The van der Waals surface area contributed by atoms with Gasteiger partial charge >= 0.3 is 0 Å². The van der Waals surface area contributed by atoms with Crippen molar-refractivity contribution in [1.82, 2.24) is 9.55 Å². The number of nitrogens with zero attached hydrogens (tertiary/aromatic N) is 3. The molecule has 0 radical (unpaired) electrons. The van der Waals surface area contributed by atoms with E-state index in [-0.39, 0.29) is 12.2 Å². The minimum absolute atomic E-state index is 0.0768. The molecule has 0 aromatic carbocycles. The molecule has 0 atom stereocenters. The topological polar surface area (TPSA) is 84.2 Å². The van der Waals surface area contributed by atoms with Crippen molar-refractivity contribution < 1.29 is 18.9 Å². The predicted octanol–water partition coefficient (Wildman–Crippen LogP) is 3.33. The summed E-state index contributed by atoms with van der Waals surface area (Å²) in [5, 5.41) is 0. The van der Waals surface area contributed by atoms with Crippen LogP contribution in [0.4, 0.5) is 0 Å². The molecule has 0 saturated heterocycles. The third kappa shape index (κ3) is 7.33. The molecule has 166 valence electrons. The second-order valence-corrected chi connectivity index (χ2v) is 6.75. The van der Waals surface area contributed by atoms with E-state index in [1.807, 2.05) is 32.1 Å². The van der Waals surface area contributed by atoms with Gasteiger partial charge in [-0.05, 0) is 43.2 Å². The molecule has 8 nitrogen and oxygen atoms in total. The first-order chi connectivity index (χ1) is 15.0. The molecule has 2 rings (SSSR count). The van der Waals surface area contributed by atoms with Crippen LogP contribution in [0, 0.1) is 6.92 Å². The molecule has 0 saturated carbocycles. The van der Waals surface area contributed by atoms with Crippen molar-refractivity contribution in [2.75, 3.05) is 20.8 Å². The minimum Gasteiger partial charge on any atom is -0.501 e. The molecule has 2 aromatic heterocycles. The number of hydrogen-bond acceptors (Lipinski definition) is 7. The molecule has 0 aliphatic heterocycles. The van der Waals surface area contributed by atoms with E-state index in [0.29, 0.717) is 24.7 Å². The van der Waals surface area contributed by atoms with E-state index in [9.17, 15) is 4.79 Å². The number of allylic oxidation sites excluding steroid dienone is 2. The highest BCUT2D eigenvalue weighted by atomic mass is 16.5. The quantitative estimate of drug-likeness (QED) is 0.180. The Labute approximate surface area is 182 Å². The normalized spacial score (nSPS) is 11.8. The van der Waals surface area contributed by atoms with Gasteiger partial charge in [-0.15, -0.1) is 0 Å². The first-order valence-electron chi connectivity index (χ1n) is 9.77. The van der Waals surface area contributed by atoms with Crippen molar-refractivity contribution >= 4 is 6.40 Å². The van der Waals surface area contributed by atoms with E-state index in [2.05, 4.69) is 9.98 Å². The van der Waals surface area contributed by atoms with Crippen LogP contribution >= 0.6 is 0 Å². The SMILES string of the molecule is CO/C=N/C=C(C)\C=C\OCCc1ccc(OCc2c(C)ccc(=O)n2C)c(OC)n1. The molecule has 8 heteroatoms. The highest BCUT2D eigenvalue weighted by Crippen LogP contribution is 2.26. The zero-order valence-corrected chi connectivity index (χ0v) is 18.6. The van der Waals surface area contributed by atoms with Gasteiger partial charge in [-0.25, -0.2) is 9.98 Å². The molecule has 0 aliphatic carbocycles. The number of rotatable bonds is 11. The van der Waals surface area contributed by atoms with Crippen LogP contribution < -0.4 is 15.0 Å². The average Bonchev–Trinajstić information content (AvgIpc) is 2.76. The van der Waals surface area contributed by atoms with Gasteiger partial charge < -0.3 is 23.5 Å². The number of pyridine rings is 2. The van der Waals surface area contributed by atoms with Crippen LogP contribution in [0.25, 0.3) is 0 Å². The predicted molar refractivity (Wildman–Crippen MR) is 120 cm³/mol. The second-order valence-electron chi connectivity index (χ2n) is 6.75. The maximum Gasteiger partial charge on any atom is 0.256 e. The molecule has 0 bridgehead atoms. The molecule has 0 N–H and O–H groups in total. The third-order valence-corrected chi connectivity index (χ3v) is 4.45. The molecular formula is C23H29N3O5. The van der Waals surface area contributed by atoms with Gasteiger partial charge in [-0.2, -0.15) is 0 Å². The van der Waals surface area contributed by atoms with Crippen LogP contribution in [-0.2, 0) is 29.5 Å². The Morgan fingerprint density at radius 2 is 2.03 bits per heavy atom. The lowest BCUT2D eigenvalue weighted by Gasteiger charge is -2.14. The summed E-state index contributed by atoms with van der Waals surface area (Å²) in [6, 6.07) is 7.01. The number of aromatic nitrogens is 2. The lowest BCUT2D eigenvalue weighted by Crippen LogP contribution is -2.21. The smallest absolute Gasteiger partial charge is 0.256 e. The molecule has 0 aliphatic rings. The molecular weight excluding hydrogens is 398 g/mol. The van der Waals surface area contributed by atoms with E-state index in [1.54, 1.807) is 50.4 Å². The largest absolute Gasteiger partial charge is 0.501 e. The Morgan fingerprint density at radius 1 is 1.23 bits per heavy atom. The third-order valence-electron chi connectivity index (χ3n) is 4.45. The average molecular weight is 428 g/mol. The van der Waals surface area contributed by atoms with Crippen molar-refractivity contribution in [3.8, 4) is 11.6 Å². The zero-order chi connectivity index (χ0) is 22.6. The lowest BCUT2D eigenvalue weighted by molar-refractivity contribution is 0.250. The van der Waals surface area contributed by atoms with Crippen LogP contribution in [-0.4, -0.2) is 36.8 Å². The van der Waals surface area contributed by atoms with Crippen LogP contribution in [0.5, 0.6) is 11.6 Å². The van der Waals surface area contributed by atoms with E-state index < -0.39 is 0 Å². The summed E-state index contributed by atoms with van der Waals surface area (Å²) >= 11 is 0. The Hall–Kier alpha value is -3.55. The fourth-order valence-corrected chi connectivity index (χ4v) is 2.66. The summed E-state index contributed by atoms with van der Waals surface area (Å²) in [5.74, 6) is 0.904. The van der Waals surface area contributed by atoms with Crippen molar-refractivity contribution in [2.45, 2.75) is 26.9 Å². The van der Waals surface area contributed by atoms with Gasteiger partial charge in [0.15, 0.2) is 12.2 Å². The number of methoxy groups -OCH3 is 2. The molecule has 0 spiro atoms. The molecule has 2 heterocycles. The maximum atomic E-state index is 11.9. The van der Waals surface area contributed by atoms with E-state index >= 15 is 0 Å². The fraction of sp³-hybridized carbons (Fsp3) is 0.348. The first-order valence-corrected chi connectivity index (χ1v) is 9.77. The van der Waals surface area contributed by atoms with Gasteiger partial charge in [-0.3, -0.25) is 4.79 Å². The first kappa shape index (κ1) is 23.7. The van der Waals surface area contributed by atoms with Gasteiger partial charge in [0.2, 0.25) is 0 Å². The number of hydrogen-bond donors (Lipinski definition) is 0. The molecule has 0 unspecified atom stereocenters. The highest BCUT2D eigenvalue weighted by Gasteiger charge is 2.11. The lowest BCUT2D eigenvalue weighted by atomic mass is 10.2. The van der Waals surface area contributed by atoms with E-state index in [1.165, 1.54) is 6.40 Å². The van der Waals surface area contributed by atoms with Crippen LogP contribution in [0.2, 0.25) is 0 Å². The van der Waals surface area contributed by atoms with Crippen LogP contribution in [0.3, 0.4) is 0 Å². The molecule has 0 fully saturated rings. The van der Waals surface area contributed by atoms with E-state index in [0.717, 1.165) is 22.5 Å². The summed E-state index contributed by atoms with van der Waals surface area (Å²) in [4.78, 5) is 20.3.